The van der Waals surface area contributed by atoms with Crippen molar-refractivity contribution in [3.8, 4) is 11.1 Å². The maximum atomic E-state index is 12.8. The Balaban J connectivity index is 1.62. The summed E-state index contributed by atoms with van der Waals surface area (Å²) in [7, 11) is 0. The number of rotatable bonds is 5. The second kappa shape index (κ2) is 7.94. The standard InChI is InChI=1S/C23H22N2OS2/c1-14(2)17-11-9-16(10-12-17)13-27-23-24-21(26)20-19(15(3)28-22(20)25-23)18-7-5-4-6-8-18/h4-12,14H,13H2,1-3H3,(H,24,25,26). The Hall–Kier alpha value is -2.37. The Labute approximate surface area is 172 Å². The van der Waals surface area contributed by atoms with Crippen molar-refractivity contribution in [2.45, 2.75) is 37.6 Å². The smallest absolute Gasteiger partial charge is 0.260 e. The van der Waals surface area contributed by atoms with Crippen molar-refractivity contribution in [2.75, 3.05) is 0 Å². The van der Waals surface area contributed by atoms with Crippen LogP contribution in [0.1, 0.15) is 35.8 Å². The molecule has 0 fully saturated rings. The Morgan fingerprint density at radius 3 is 2.46 bits per heavy atom. The molecule has 0 saturated carbocycles. The fourth-order valence-corrected chi connectivity index (χ4v) is 5.19. The van der Waals surface area contributed by atoms with Gasteiger partial charge in [0.1, 0.15) is 4.83 Å². The lowest BCUT2D eigenvalue weighted by molar-refractivity contribution is 0.866. The molecule has 0 unspecified atom stereocenters. The lowest BCUT2D eigenvalue weighted by atomic mass is 10.0. The molecule has 3 nitrogen and oxygen atoms in total. The van der Waals surface area contributed by atoms with Gasteiger partial charge in [-0.1, -0.05) is 80.2 Å². The Morgan fingerprint density at radius 2 is 1.79 bits per heavy atom. The number of fused-ring (bicyclic) bond motifs is 1. The van der Waals surface area contributed by atoms with Gasteiger partial charge in [0.2, 0.25) is 0 Å². The number of benzene rings is 2. The molecular weight excluding hydrogens is 384 g/mol. The zero-order chi connectivity index (χ0) is 19.7. The van der Waals surface area contributed by atoms with Crippen LogP contribution < -0.4 is 5.56 Å². The highest BCUT2D eigenvalue weighted by Crippen LogP contribution is 2.36. The van der Waals surface area contributed by atoms with Crippen LogP contribution in [0.4, 0.5) is 0 Å². The minimum atomic E-state index is -0.0640. The van der Waals surface area contributed by atoms with Gasteiger partial charge in [-0.15, -0.1) is 11.3 Å². The fourth-order valence-electron chi connectivity index (χ4n) is 3.27. The van der Waals surface area contributed by atoms with Gasteiger partial charge in [0, 0.05) is 16.2 Å². The van der Waals surface area contributed by atoms with E-state index in [0.29, 0.717) is 16.5 Å². The second-order valence-electron chi connectivity index (χ2n) is 7.14. The predicted molar refractivity (Wildman–Crippen MR) is 121 cm³/mol. The first-order chi connectivity index (χ1) is 13.5. The average molecular weight is 407 g/mol. The van der Waals surface area contributed by atoms with Crippen LogP contribution in [0.15, 0.2) is 64.5 Å². The molecule has 2 heterocycles. The van der Waals surface area contributed by atoms with Crippen LogP contribution in [0.25, 0.3) is 21.3 Å². The van der Waals surface area contributed by atoms with E-state index >= 15 is 0 Å². The van der Waals surface area contributed by atoms with E-state index < -0.39 is 0 Å². The molecule has 4 aromatic rings. The molecule has 2 aromatic carbocycles. The summed E-state index contributed by atoms with van der Waals surface area (Å²) >= 11 is 3.15. The lowest BCUT2D eigenvalue weighted by Crippen LogP contribution is -2.08. The highest BCUT2D eigenvalue weighted by Gasteiger charge is 2.16. The van der Waals surface area contributed by atoms with Gasteiger partial charge in [0.25, 0.3) is 5.56 Å². The first kappa shape index (κ1) is 19.0. The molecule has 0 aliphatic carbocycles. The molecule has 28 heavy (non-hydrogen) atoms. The Morgan fingerprint density at radius 1 is 1.07 bits per heavy atom. The molecule has 2 aromatic heterocycles. The SMILES string of the molecule is Cc1sc2nc(SCc3ccc(C(C)C)cc3)[nH]c(=O)c2c1-c1ccccc1. The summed E-state index contributed by atoms with van der Waals surface area (Å²) in [5, 5.41) is 1.37. The fraction of sp³-hybridized carbons (Fsp3) is 0.217. The first-order valence-corrected chi connectivity index (χ1v) is 11.1. The molecule has 0 atom stereocenters. The zero-order valence-electron chi connectivity index (χ0n) is 16.2. The molecule has 0 saturated heterocycles. The van der Waals surface area contributed by atoms with E-state index in [1.54, 1.807) is 23.1 Å². The maximum Gasteiger partial charge on any atom is 0.260 e. The number of thiophene rings is 1. The number of aryl methyl sites for hydroxylation is 1. The summed E-state index contributed by atoms with van der Waals surface area (Å²) in [4.78, 5) is 22.5. The number of H-pyrrole nitrogens is 1. The summed E-state index contributed by atoms with van der Waals surface area (Å²) in [5.74, 6) is 1.31. The molecule has 1 N–H and O–H groups in total. The van der Waals surface area contributed by atoms with Crippen LogP contribution in [0.5, 0.6) is 0 Å². The van der Waals surface area contributed by atoms with Crippen LogP contribution in [-0.2, 0) is 5.75 Å². The van der Waals surface area contributed by atoms with Gasteiger partial charge in [0.05, 0.1) is 5.39 Å². The van der Waals surface area contributed by atoms with E-state index in [1.165, 1.54) is 11.1 Å². The van der Waals surface area contributed by atoms with Crippen LogP contribution in [0.2, 0.25) is 0 Å². The highest BCUT2D eigenvalue weighted by molar-refractivity contribution is 7.98. The molecule has 0 amide bonds. The summed E-state index contributed by atoms with van der Waals surface area (Å²) in [5.41, 5.74) is 4.55. The molecule has 0 aliphatic heterocycles. The molecule has 4 rings (SSSR count). The Bertz CT molecular complexity index is 1160. The van der Waals surface area contributed by atoms with E-state index in [9.17, 15) is 4.79 Å². The third kappa shape index (κ3) is 3.77. The number of hydrogen-bond acceptors (Lipinski definition) is 4. The Kier molecular flexibility index (Phi) is 5.38. The third-order valence-electron chi connectivity index (χ3n) is 4.80. The van der Waals surface area contributed by atoms with Crippen LogP contribution >= 0.6 is 23.1 Å². The molecule has 0 radical (unpaired) electrons. The van der Waals surface area contributed by atoms with E-state index in [-0.39, 0.29) is 5.56 Å². The molecule has 0 bridgehead atoms. The van der Waals surface area contributed by atoms with Gasteiger partial charge < -0.3 is 4.98 Å². The number of thioether (sulfide) groups is 1. The second-order valence-corrected chi connectivity index (χ2v) is 9.30. The lowest BCUT2D eigenvalue weighted by Gasteiger charge is -2.07. The predicted octanol–water partition coefficient (Wildman–Crippen LogP) is 6.38. The van der Waals surface area contributed by atoms with Crippen molar-refractivity contribution in [1.29, 1.82) is 0 Å². The quantitative estimate of drug-likeness (QED) is 0.309. The highest BCUT2D eigenvalue weighted by atomic mass is 32.2. The van der Waals surface area contributed by atoms with Crippen molar-refractivity contribution < 1.29 is 0 Å². The van der Waals surface area contributed by atoms with Crippen molar-refractivity contribution in [1.82, 2.24) is 9.97 Å². The summed E-state index contributed by atoms with van der Waals surface area (Å²) < 4.78 is 0. The molecular formula is C23H22N2OS2. The monoisotopic (exact) mass is 406 g/mol. The summed E-state index contributed by atoms with van der Waals surface area (Å²) in [6, 6.07) is 18.7. The largest absolute Gasteiger partial charge is 0.301 e. The summed E-state index contributed by atoms with van der Waals surface area (Å²) in [6.45, 7) is 6.44. The zero-order valence-corrected chi connectivity index (χ0v) is 17.8. The maximum absolute atomic E-state index is 12.8. The van der Waals surface area contributed by atoms with Crippen molar-refractivity contribution >= 4 is 33.3 Å². The van der Waals surface area contributed by atoms with Gasteiger partial charge in [-0.3, -0.25) is 4.79 Å². The number of aromatic nitrogens is 2. The topological polar surface area (TPSA) is 45.8 Å². The minimum Gasteiger partial charge on any atom is -0.301 e. The van der Waals surface area contributed by atoms with Gasteiger partial charge in [-0.05, 0) is 29.5 Å². The number of nitrogens with zero attached hydrogens (tertiary/aromatic N) is 1. The van der Waals surface area contributed by atoms with Crippen LogP contribution in [-0.4, -0.2) is 9.97 Å². The minimum absolute atomic E-state index is 0.0640. The van der Waals surface area contributed by atoms with E-state index in [1.807, 2.05) is 30.3 Å². The van der Waals surface area contributed by atoms with Gasteiger partial charge >= 0.3 is 0 Å². The van der Waals surface area contributed by atoms with Crippen LogP contribution in [0.3, 0.4) is 0 Å². The molecule has 0 aliphatic rings. The molecule has 0 spiro atoms. The van der Waals surface area contributed by atoms with Gasteiger partial charge in [-0.25, -0.2) is 4.98 Å². The first-order valence-electron chi connectivity index (χ1n) is 9.33. The number of hydrogen-bond donors (Lipinski definition) is 1. The van der Waals surface area contributed by atoms with Crippen molar-refractivity contribution in [3.63, 3.8) is 0 Å². The van der Waals surface area contributed by atoms with Gasteiger partial charge in [0.15, 0.2) is 5.16 Å². The normalized spacial score (nSPS) is 11.4. The van der Waals surface area contributed by atoms with E-state index in [0.717, 1.165) is 26.6 Å². The van der Waals surface area contributed by atoms with Crippen molar-refractivity contribution in [3.05, 3.63) is 81.0 Å². The van der Waals surface area contributed by atoms with E-state index in [4.69, 9.17) is 4.98 Å². The molecule has 142 valence electrons. The summed E-state index contributed by atoms with van der Waals surface area (Å²) in [6.07, 6.45) is 0. The number of nitrogens with one attached hydrogen (secondary N) is 1. The van der Waals surface area contributed by atoms with Gasteiger partial charge in [-0.2, -0.15) is 0 Å². The third-order valence-corrected chi connectivity index (χ3v) is 6.74. The van der Waals surface area contributed by atoms with E-state index in [2.05, 4.69) is 50.0 Å². The van der Waals surface area contributed by atoms with Crippen molar-refractivity contribution in [2.24, 2.45) is 0 Å². The molecule has 5 heteroatoms. The number of aromatic amines is 1. The average Bonchev–Trinajstić information content (AvgIpc) is 3.03. The van der Waals surface area contributed by atoms with Crippen LogP contribution in [0, 0.1) is 6.92 Å².